The van der Waals surface area contributed by atoms with E-state index in [9.17, 15) is 4.79 Å². The first-order valence-corrected chi connectivity index (χ1v) is 5.37. The van der Waals surface area contributed by atoms with Crippen molar-refractivity contribution in [3.8, 4) is 0 Å². The summed E-state index contributed by atoms with van der Waals surface area (Å²) in [6, 6.07) is -0.312. The molecule has 0 radical (unpaired) electrons. The fraction of sp³-hybridized carbons (Fsp3) is 0.900. The predicted molar refractivity (Wildman–Crippen MR) is 54.9 cm³/mol. The van der Waals surface area contributed by atoms with Gasteiger partial charge in [-0.2, -0.15) is 0 Å². The van der Waals surface area contributed by atoms with Gasteiger partial charge in [0.1, 0.15) is 0 Å². The number of nitrogens with two attached hydrogens (primary N) is 1. The van der Waals surface area contributed by atoms with Gasteiger partial charge in [0.15, 0.2) is 0 Å². The van der Waals surface area contributed by atoms with Crippen molar-refractivity contribution >= 4 is 5.91 Å². The van der Waals surface area contributed by atoms with E-state index in [4.69, 9.17) is 10.5 Å². The van der Waals surface area contributed by atoms with Gasteiger partial charge in [0, 0.05) is 13.1 Å². The molecule has 1 atom stereocenters. The number of rotatable bonds is 4. The molecule has 1 amide bonds. The molecule has 1 aliphatic rings. The standard InChI is InChI=1S/C10H20N2O2/c1-2-3-4-9(11)10(13)12-5-7-14-8-6-12/h9H,2-8,11H2,1H3/t9-/m0/s1. The minimum Gasteiger partial charge on any atom is -0.378 e. The van der Waals surface area contributed by atoms with Gasteiger partial charge in [-0.1, -0.05) is 19.8 Å². The SMILES string of the molecule is CCCC[C@H](N)C(=O)N1CCOCC1. The average Bonchev–Trinajstić information content (AvgIpc) is 2.26. The van der Waals surface area contributed by atoms with Crippen LogP contribution in [0.15, 0.2) is 0 Å². The van der Waals surface area contributed by atoms with Crippen LogP contribution in [-0.4, -0.2) is 43.2 Å². The van der Waals surface area contributed by atoms with E-state index in [0.29, 0.717) is 26.3 Å². The molecule has 2 N–H and O–H groups in total. The molecule has 4 nitrogen and oxygen atoms in total. The molecule has 0 bridgehead atoms. The van der Waals surface area contributed by atoms with Crippen LogP contribution in [0.5, 0.6) is 0 Å². The Morgan fingerprint density at radius 1 is 1.50 bits per heavy atom. The highest BCUT2D eigenvalue weighted by atomic mass is 16.5. The first kappa shape index (κ1) is 11.5. The molecule has 82 valence electrons. The number of morpholine rings is 1. The number of carbonyl (C=O) groups is 1. The van der Waals surface area contributed by atoms with Gasteiger partial charge in [-0.15, -0.1) is 0 Å². The van der Waals surface area contributed by atoms with Crippen molar-refractivity contribution in [3.63, 3.8) is 0 Å². The van der Waals surface area contributed by atoms with Crippen molar-refractivity contribution in [2.24, 2.45) is 5.73 Å². The monoisotopic (exact) mass is 200 g/mol. The van der Waals surface area contributed by atoms with Crippen molar-refractivity contribution in [2.45, 2.75) is 32.2 Å². The average molecular weight is 200 g/mol. The molecule has 0 aromatic heterocycles. The second-order valence-corrected chi connectivity index (χ2v) is 3.69. The Morgan fingerprint density at radius 3 is 2.71 bits per heavy atom. The fourth-order valence-corrected chi connectivity index (χ4v) is 1.57. The minimum absolute atomic E-state index is 0.0850. The molecule has 1 rings (SSSR count). The van der Waals surface area contributed by atoms with Gasteiger partial charge < -0.3 is 15.4 Å². The zero-order valence-electron chi connectivity index (χ0n) is 8.87. The van der Waals surface area contributed by atoms with Crippen molar-refractivity contribution in [3.05, 3.63) is 0 Å². The number of hydrogen-bond donors (Lipinski definition) is 1. The van der Waals surface area contributed by atoms with Gasteiger partial charge in [0.2, 0.25) is 5.91 Å². The van der Waals surface area contributed by atoms with Crippen molar-refractivity contribution in [1.29, 1.82) is 0 Å². The van der Waals surface area contributed by atoms with Gasteiger partial charge in [-0.3, -0.25) is 4.79 Å². The van der Waals surface area contributed by atoms with Crippen molar-refractivity contribution in [1.82, 2.24) is 4.90 Å². The van der Waals surface area contributed by atoms with Crippen LogP contribution in [0.25, 0.3) is 0 Å². The number of hydrogen-bond acceptors (Lipinski definition) is 3. The minimum atomic E-state index is -0.312. The lowest BCUT2D eigenvalue weighted by molar-refractivity contribution is -0.136. The third-order valence-corrected chi connectivity index (χ3v) is 2.51. The molecular formula is C10H20N2O2. The summed E-state index contributed by atoms with van der Waals surface area (Å²) < 4.78 is 5.18. The van der Waals surface area contributed by atoms with Crippen LogP contribution in [-0.2, 0) is 9.53 Å². The maximum Gasteiger partial charge on any atom is 0.239 e. The van der Waals surface area contributed by atoms with Gasteiger partial charge in [-0.05, 0) is 6.42 Å². The Bertz CT molecular complexity index is 179. The van der Waals surface area contributed by atoms with Crippen LogP contribution in [0, 0.1) is 0 Å². The molecule has 1 saturated heterocycles. The topological polar surface area (TPSA) is 55.6 Å². The number of amides is 1. The lowest BCUT2D eigenvalue weighted by atomic mass is 10.1. The van der Waals surface area contributed by atoms with E-state index in [0.717, 1.165) is 19.3 Å². The molecule has 1 aliphatic heterocycles. The first-order chi connectivity index (χ1) is 6.75. The van der Waals surface area contributed by atoms with Crippen LogP contribution in [0.1, 0.15) is 26.2 Å². The quantitative estimate of drug-likeness (QED) is 0.713. The predicted octanol–water partition coefficient (Wildman–Crippen LogP) is 0.363. The van der Waals surface area contributed by atoms with E-state index in [1.807, 2.05) is 4.90 Å². The Hall–Kier alpha value is -0.610. The van der Waals surface area contributed by atoms with Crippen LogP contribution < -0.4 is 5.73 Å². The lowest BCUT2D eigenvalue weighted by Crippen LogP contribution is -2.48. The summed E-state index contributed by atoms with van der Waals surface area (Å²) in [6.07, 6.45) is 2.91. The molecular weight excluding hydrogens is 180 g/mol. The molecule has 14 heavy (non-hydrogen) atoms. The number of ether oxygens (including phenoxy) is 1. The van der Waals surface area contributed by atoms with Gasteiger partial charge in [0.25, 0.3) is 0 Å². The fourth-order valence-electron chi connectivity index (χ4n) is 1.57. The van der Waals surface area contributed by atoms with Gasteiger partial charge >= 0.3 is 0 Å². The zero-order valence-corrected chi connectivity index (χ0v) is 8.87. The maximum atomic E-state index is 11.7. The lowest BCUT2D eigenvalue weighted by Gasteiger charge is -2.29. The molecule has 4 heteroatoms. The molecule has 0 spiro atoms. The number of carbonyl (C=O) groups excluding carboxylic acids is 1. The van der Waals surface area contributed by atoms with E-state index < -0.39 is 0 Å². The summed E-state index contributed by atoms with van der Waals surface area (Å²) in [6.45, 7) is 4.78. The van der Waals surface area contributed by atoms with E-state index in [1.54, 1.807) is 0 Å². The van der Waals surface area contributed by atoms with Gasteiger partial charge in [0.05, 0.1) is 19.3 Å². The highest BCUT2D eigenvalue weighted by molar-refractivity contribution is 5.81. The van der Waals surface area contributed by atoms with Crippen molar-refractivity contribution in [2.75, 3.05) is 26.3 Å². The Balaban J connectivity index is 2.30. The normalized spacial score (nSPS) is 19.4. The molecule has 0 saturated carbocycles. The highest BCUT2D eigenvalue weighted by Crippen LogP contribution is 2.04. The summed E-state index contributed by atoms with van der Waals surface area (Å²) in [5, 5.41) is 0. The Morgan fingerprint density at radius 2 is 2.14 bits per heavy atom. The third-order valence-electron chi connectivity index (χ3n) is 2.51. The van der Waals surface area contributed by atoms with E-state index in [2.05, 4.69) is 6.92 Å². The Kier molecular flexibility index (Phi) is 4.90. The second kappa shape index (κ2) is 5.98. The zero-order chi connectivity index (χ0) is 10.4. The third kappa shape index (κ3) is 3.27. The summed E-state index contributed by atoms with van der Waals surface area (Å²) >= 11 is 0. The van der Waals surface area contributed by atoms with Crippen LogP contribution in [0.2, 0.25) is 0 Å². The second-order valence-electron chi connectivity index (χ2n) is 3.69. The van der Waals surface area contributed by atoms with Gasteiger partial charge in [-0.25, -0.2) is 0 Å². The molecule has 1 fully saturated rings. The van der Waals surface area contributed by atoms with Crippen LogP contribution in [0.3, 0.4) is 0 Å². The molecule has 0 unspecified atom stereocenters. The van der Waals surface area contributed by atoms with E-state index in [-0.39, 0.29) is 11.9 Å². The molecule has 0 aromatic rings. The maximum absolute atomic E-state index is 11.7. The summed E-state index contributed by atoms with van der Waals surface area (Å²) in [5.41, 5.74) is 5.80. The molecule has 0 aromatic carbocycles. The van der Waals surface area contributed by atoms with E-state index >= 15 is 0 Å². The van der Waals surface area contributed by atoms with Crippen molar-refractivity contribution < 1.29 is 9.53 Å². The number of nitrogens with zero attached hydrogens (tertiary/aromatic N) is 1. The smallest absolute Gasteiger partial charge is 0.239 e. The summed E-state index contributed by atoms with van der Waals surface area (Å²) in [4.78, 5) is 13.6. The molecule has 1 heterocycles. The van der Waals surface area contributed by atoms with Crippen LogP contribution in [0.4, 0.5) is 0 Å². The summed E-state index contributed by atoms with van der Waals surface area (Å²) in [5.74, 6) is 0.0850. The first-order valence-electron chi connectivity index (χ1n) is 5.37. The number of unbranched alkanes of at least 4 members (excludes halogenated alkanes) is 1. The highest BCUT2D eigenvalue weighted by Gasteiger charge is 2.21. The Labute approximate surface area is 85.4 Å². The molecule has 0 aliphatic carbocycles. The van der Waals surface area contributed by atoms with E-state index in [1.165, 1.54) is 0 Å². The van der Waals surface area contributed by atoms with Crippen LogP contribution >= 0.6 is 0 Å². The largest absolute Gasteiger partial charge is 0.378 e. The summed E-state index contributed by atoms with van der Waals surface area (Å²) in [7, 11) is 0.